The summed E-state index contributed by atoms with van der Waals surface area (Å²) in [7, 11) is -0.354. The Morgan fingerprint density at radius 2 is 1.38 bits per heavy atom. The summed E-state index contributed by atoms with van der Waals surface area (Å²) >= 11 is 0. The molecule has 2 nitrogen and oxygen atoms in total. The van der Waals surface area contributed by atoms with E-state index in [1.165, 1.54) is 11.1 Å². The molecule has 2 aromatic carbocycles. The van der Waals surface area contributed by atoms with Gasteiger partial charge in [0, 0.05) is 6.92 Å². The molecule has 0 aromatic heterocycles. The molecule has 0 N–H and O–H groups in total. The van der Waals surface area contributed by atoms with Gasteiger partial charge < -0.3 is 9.31 Å². The van der Waals surface area contributed by atoms with E-state index >= 15 is 0 Å². The fraction of sp³-hybridized carbons (Fsp3) is 0.278. The van der Waals surface area contributed by atoms with Crippen LogP contribution in [-0.4, -0.2) is 18.3 Å². The third kappa shape index (κ3) is 2.59. The predicted octanol–water partition coefficient (Wildman–Crippen LogP) is 3.47. The predicted molar refractivity (Wildman–Crippen MR) is 87.3 cm³/mol. The minimum Gasteiger partial charge on any atom is -0.395 e. The summed E-state index contributed by atoms with van der Waals surface area (Å²) in [6.45, 7) is 10.1. The van der Waals surface area contributed by atoms with E-state index in [1.54, 1.807) is 0 Å². The van der Waals surface area contributed by atoms with E-state index in [4.69, 9.17) is 9.31 Å². The van der Waals surface area contributed by atoms with E-state index in [1.807, 2.05) is 39.0 Å². The molecule has 1 heterocycles. The van der Waals surface area contributed by atoms with Crippen molar-refractivity contribution in [3.05, 3.63) is 61.5 Å². The molecule has 0 amide bonds. The highest BCUT2D eigenvalue weighted by Crippen LogP contribution is 2.36. The van der Waals surface area contributed by atoms with Gasteiger partial charge in [0.15, 0.2) is 0 Å². The molecule has 0 bridgehead atoms. The topological polar surface area (TPSA) is 18.5 Å². The van der Waals surface area contributed by atoms with E-state index in [0.717, 1.165) is 5.46 Å². The van der Waals surface area contributed by atoms with Gasteiger partial charge >= 0.3 is 7.12 Å². The smallest absolute Gasteiger partial charge is 0.395 e. The Morgan fingerprint density at radius 3 is 1.90 bits per heavy atom. The summed E-state index contributed by atoms with van der Waals surface area (Å²) in [6, 6.07) is 18.6. The van der Waals surface area contributed by atoms with Gasteiger partial charge in [0.05, 0.1) is 6.92 Å². The van der Waals surface area contributed by atoms with Crippen molar-refractivity contribution >= 4 is 12.6 Å². The lowest BCUT2D eigenvalue weighted by molar-refractivity contribution is 0.0262. The van der Waals surface area contributed by atoms with Gasteiger partial charge in [-0.05, 0) is 30.4 Å². The van der Waals surface area contributed by atoms with Crippen molar-refractivity contribution in [2.24, 2.45) is 0 Å². The van der Waals surface area contributed by atoms with E-state index < -0.39 is 11.2 Å². The van der Waals surface area contributed by atoms with E-state index in [2.05, 4.69) is 43.3 Å². The van der Waals surface area contributed by atoms with Crippen LogP contribution in [0.1, 0.15) is 20.8 Å². The van der Waals surface area contributed by atoms with Crippen molar-refractivity contribution in [3.63, 3.8) is 0 Å². The molecule has 0 radical (unpaired) electrons. The average Bonchev–Trinajstić information content (AvgIpc) is 2.69. The molecule has 1 saturated heterocycles. The molecular formula is C18H20BO2+. The molecule has 0 aliphatic carbocycles. The molecular weight excluding hydrogens is 259 g/mol. The maximum atomic E-state index is 6.01. The lowest BCUT2D eigenvalue weighted by atomic mass is 9.78. The first-order valence-corrected chi connectivity index (χ1v) is 7.25. The van der Waals surface area contributed by atoms with Crippen LogP contribution in [0.2, 0.25) is 0 Å². The van der Waals surface area contributed by atoms with Gasteiger partial charge in [0.2, 0.25) is 5.60 Å². The fourth-order valence-electron chi connectivity index (χ4n) is 2.39. The summed E-state index contributed by atoms with van der Waals surface area (Å²) < 4.78 is 12.0. The highest BCUT2D eigenvalue weighted by atomic mass is 16.7. The number of rotatable bonds is 2. The molecule has 21 heavy (non-hydrogen) atoms. The molecule has 3 heteroatoms. The van der Waals surface area contributed by atoms with Gasteiger partial charge in [-0.2, -0.15) is 0 Å². The Labute approximate surface area is 127 Å². The SMILES string of the molecule is [CH2+]C1(C)OB(c2ccc(-c3ccccc3)cc2)OC1(C)C. The summed E-state index contributed by atoms with van der Waals surface area (Å²) in [4.78, 5) is 0. The minimum absolute atomic E-state index is 0.354. The van der Waals surface area contributed by atoms with Crippen molar-refractivity contribution in [3.8, 4) is 11.1 Å². The highest BCUT2D eigenvalue weighted by molar-refractivity contribution is 6.62. The van der Waals surface area contributed by atoms with Gasteiger partial charge in [-0.15, -0.1) is 0 Å². The number of hydrogen-bond donors (Lipinski definition) is 0. The van der Waals surface area contributed by atoms with Crippen LogP contribution in [0.4, 0.5) is 0 Å². The third-order valence-corrected chi connectivity index (χ3v) is 4.33. The molecule has 1 fully saturated rings. The van der Waals surface area contributed by atoms with E-state index in [-0.39, 0.29) is 7.12 Å². The second-order valence-corrected chi connectivity index (χ2v) is 6.30. The molecule has 0 spiro atoms. The van der Waals surface area contributed by atoms with Crippen LogP contribution in [-0.2, 0) is 9.31 Å². The normalized spacial score (nSPS) is 24.2. The van der Waals surface area contributed by atoms with Crippen LogP contribution in [0.25, 0.3) is 11.1 Å². The zero-order valence-corrected chi connectivity index (χ0v) is 12.8. The van der Waals surface area contributed by atoms with Crippen molar-refractivity contribution in [1.29, 1.82) is 0 Å². The van der Waals surface area contributed by atoms with Crippen LogP contribution in [0.3, 0.4) is 0 Å². The van der Waals surface area contributed by atoms with Crippen molar-refractivity contribution in [2.45, 2.75) is 32.0 Å². The summed E-state index contributed by atoms with van der Waals surface area (Å²) in [5.41, 5.74) is 2.47. The lowest BCUT2D eigenvalue weighted by Crippen LogP contribution is -2.42. The Bertz CT molecular complexity index is 601. The first-order chi connectivity index (χ1) is 9.89. The van der Waals surface area contributed by atoms with Gasteiger partial charge in [0.25, 0.3) is 0 Å². The van der Waals surface area contributed by atoms with Crippen LogP contribution in [0, 0.1) is 6.92 Å². The maximum absolute atomic E-state index is 6.01. The molecule has 1 aliphatic rings. The Morgan fingerprint density at radius 1 is 0.810 bits per heavy atom. The summed E-state index contributed by atoms with van der Waals surface area (Å²) in [5.74, 6) is 0. The summed E-state index contributed by atoms with van der Waals surface area (Å²) in [6.07, 6.45) is 0. The molecule has 106 valence electrons. The first-order valence-electron chi connectivity index (χ1n) is 7.25. The zero-order chi connectivity index (χ0) is 15.1. The molecule has 1 aliphatic heterocycles. The minimum atomic E-state index is -0.546. The quantitative estimate of drug-likeness (QED) is 0.619. The monoisotopic (exact) mass is 279 g/mol. The van der Waals surface area contributed by atoms with Gasteiger partial charge in [-0.1, -0.05) is 54.6 Å². The number of hydrogen-bond acceptors (Lipinski definition) is 2. The first kappa shape index (κ1) is 14.2. The van der Waals surface area contributed by atoms with Crippen molar-refractivity contribution in [1.82, 2.24) is 0 Å². The largest absolute Gasteiger partial charge is 0.497 e. The van der Waals surface area contributed by atoms with E-state index in [9.17, 15) is 0 Å². The highest BCUT2D eigenvalue weighted by Gasteiger charge is 2.57. The maximum Gasteiger partial charge on any atom is 0.497 e. The third-order valence-electron chi connectivity index (χ3n) is 4.33. The molecule has 0 saturated carbocycles. The standard InChI is InChI=1S/C18H20BO2/c1-17(2)18(3,4)21-19(20-17)16-12-10-15(11-13-16)14-8-6-5-7-9-14/h5-13H,1H2,2-4H3/q+1. The number of benzene rings is 2. The van der Waals surface area contributed by atoms with Gasteiger partial charge in [-0.3, -0.25) is 0 Å². The zero-order valence-electron chi connectivity index (χ0n) is 12.8. The summed E-state index contributed by atoms with van der Waals surface area (Å²) in [5, 5.41) is 0. The van der Waals surface area contributed by atoms with Gasteiger partial charge in [-0.25, -0.2) is 0 Å². The Kier molecular flexibility index (Phi) is 3.35. The fourth-order valence-corrected chi connectivity index (χ4v) is 2.39. The van der Waals surface area contributed by atoms with Crippen molar-refractivity contribution < 1.29 is 9.31 Å². The average molecular weight is 279 g/mol. The van der Waals surface area contributed by atoms with Crippen LogP contribution in [0.15, 0.2) is 54.6 Å². The van der Waals surface area contributed by atoms with Gasteiger partial charge in [0.1, 0.15) is 5.60 Å². The van der Waals surface area contributed by atoms with Crippen LogP contribution < -0.4 is 5.46 Å². The molecule has 1 atom stereocenters. The Hall–Kier alpha value is -1.71. The van der Waals surface area contributed by atoms with E-state index in [0.29, 0.717) is 0 Å². The second-order valence-electron chi connectivity index (χ2n) is 6.30. The van der Waals surface area contributed by atoms with Crippen LogP contribution in [0.5, 0.6) is 0 Å². The van der Waals surface area contributed by atoms with Crippen LogP contribution >= 0.6 is 0 Å². The molecule has 2 aromatic rings. The van der Waals surface area contributed by atoms with Crippen molar-refractivity contribution in [2.75, 3.05) is 0 Å². The molecule has 1 unspecified atom stereocenters. The Balaban J connectivity index is 1.83. The second kappa shape index (κ2) is 4.94. The molecule has 3 rings (SSSR count). The lowest BCUT2D eigenvalue weighted by Gasteiger charge is -2.25.